The SMILES string of the molecule is CC(C)(C)OC(=O)N[C@@H]1Cc2ccccc2[C@H]1Cc1ccccc1. The molecule has 1 amide bonds. The van der Waals surface area contributed by atoms with E-state index in [1.165, 1.54) is 16.7 Å². The van der Waals surface area contributed by atoms with Crippen molar-refractivity contribution in [3.8, 4) is 0 Å². The number of alkyl carbamates (subject to hydrolysis) is 1. The molecule has 0 radical (unpaired) electrons. The number of hydrogen-bond donors (Lipinski definition) is 1. The molecule has 0 spiro atoms. The normalized spacial score (nSPS) is 19.6. The van der Waals surface area contributed by atoms with Gasteiger partial charge in [0.1, 0.15) is 5.60 Å². The molecule has 1 aliphatic carbocycles. The first kappa shape index (κ1) is 16.6. The lowest BCUT2D eigenvalue weighted by Gasteiger charge is -2.25. The molecule has 126 valence electrons. The van der Waals surface area contributed by atoms with E-state index in [4.69, 9.17) is 4.74 Å². The van der Waals surface area contributed by atoms with Gasteiger partial charge in [-0.15, -0.1) is 0 Å². The maximum atomic E-state index is 12.2. The summed E-state index contributed by atoms with van der Waals surface area (Å²) in [5, 5.41) is 3.09. The minimum absolute atomic E-state index is 0.0671. The lowest BCUT2D eigenvalue weighted by Crippen LogP contribution is -2.41. The molecule has 0 saturated carbocycles. The summed E-state index contributed by atoms with van der Waals surface area (Å²) in [4.78, 5) is 12.2. The van der Waals surface area contributed by atoms with E-state index in [1.54, 1.807) is 0 Å². The first-order valence-corrected chi connectivity index (χ1v) is 8.53. The number of amides is 1. The van der Waals surface area contributed by atoms with Crippen molar-refractivity contribution in [1.29, 1.82) is 0 Å². The van der Waals surface area contributed by atoms with Crippen molar-refractivity contribution in [2.75, 3.05) is 0 Å². The van der Waals surface area contributed by atoms with Crippen LogP contribution in [0.15, 0.2) is 54.6 Å². The van der Waals surface area contributed by atoms with Crippen molar-refractivity contribution in [1.82, 2.24) is 5.32 Å². The van der Waals surface area contributed by atoms with E-state index in [1.807, 2.05) is 26.8 Å². The predicted octanol–water partition coefficient (Wildman–Crippen LogP) is 4.46. The molecule has 24 heavy (non-hydrogen) atoms. The standard InChI is InChI=1S/C21H25NO2/c1-21(2,3)24-20(23)22-19-14-16-11-7-8-12-17(16)18(19)13-15-9-5-4-6-10-15/h4-12,18-19H,13-14H2,1-3H3,(H,22,23)/t18-,19-/m1/s1. The largest absolute Gasteiger partial charge is 0.444 e. The zero-order chi connectivity index (χ0) is 17.2. The molecule has 1 aliphatic rings. The van der Waals surface area contributed by atoms with E-state index in [-0.39, 0.29) is 18.1 Å². The zero-order valence-electron chi connectivity index (χ0n) is 14.6. The second-order valence-electron chi connectivity index (χ2n) is 7.45. The minimum Gasteiger partial charge on any atom is -0.444 e. The monoisotopic (exact) mass is 323 g/mol. The fourth-order valence-electron chi connectivity index (χ4n) is 3.41. The third kappa shape index (κ3) is 3.97. The number of ether oxygens (including phenoxy) is 1. The molecule has 0 heterocycles. The third-order valence-electron chi connectivity index (χ3n) is 4.38. The minimum atomic E-state index is -0.482. The van der Waals surface area contributed by atoms with Crippen LogP contribution in [-0.2, 0) is 17.6 Å². The van der Waals surface area contributed by atoms with E-state index in [9.17, 15) is 4.79 Å². The summed E-state index contributed by atoms with van der Waals surface area (Å²) in [6, 6.07) is 19.0. The molecule has 3 rings (SSSR count). The van der Waals surface area contributed by atoms with Gasteiger partial charge in [0.25, 0.3) is 0 Å². The van der Waals surface area contributed by atoms with Gasteiger partial charge in [0.2, 0.25) is 0 Å². The number of rotatable bonds is 3. The van der Waals surface area contributed by atoms with Gasteiger partial charge in [-0.05, 0) is 50.3 Å². The number of nitrogens with one attached hydrogen (secondary N) is 1. The number of carbonyl (C=O) groups is 1. The van der Waals surface area contributed by atoms with E-state index >= 15 is 0 Å². The Bertz CT molecular complexity index is 703. The Labute approximate surface area is 144 Å². The van der Waals surface area contributed by atoms with Crippen LogP contribution < -0.4 is 5.32 Å². The van der Waals surface area contributed by atoms with Crippen molar-refractivity contribution in [3.05, 3.63) is 71.3 Å². The molecule has 1 N–H and O–H groups in total. The summed E-state index contributed by atoms with van der Waals surface area (Å²) >= 11 is 0. The fourth-order valence-corrected chi connectivity index (χ4v) is 3.41. The summed E-state index contributed by atoms with van der Waals surface area (Å²) in [6.45, 7) is 5.66. The summed E-state index contributed by atoms with van der Waals surface area (Å²) in [7, 11) is 0. The predicted molar refractivity (Wildman–Crippen MR) is 96.2 cm³/mol. The Morgan fingerprint density at radius 3 is 2.46 bits per heavy atom. The second-order valence-corrected chi connectivity index (χ2v) is 7.45. The molecule has 0 aromatic heterocycles. The topological polar surface area (TPSA) is 38.3 Å². The molecule has 0 aliphatic heterocycles. The molecular weight excluding hydrogens is 298 g/mol. The van der Waals surface area contributed by atoms with Crippen LogP contribution in [-0.4, -0.2) is 17.7 Å². The van der Waals surface area contributed by atoms with Gasteiger partial charge in [0, 0.05) is 12.0 Å². The molecule has 3 heteroatoms. The van der Waals surface area contributed by atoms with Crippen LogP contribution in [0.4, 0.5) is 4.79 Å². The summed E-state index contributed by atoms with van der Waals surface area (Å²) in [6.07, 6.45) is 1.43. The highest BCUT2D eigenvalue weighted by Crippen LogP contribution is 2.36. The first-order valence-electron chi connectivity index (χ1n) is 8.53. The average Bonchev–Trinajstić information content (AvgIpc) is 2.84. The summed E-state index contributed by atoms with van der Waals surface area (Å²) < 4.78 is 5.45. The Balaban J connectivity index is 1.79. The van der Waals surface area contributed by atoms with E-state index in [0.29, 0.717) is 0 Å². The molecule has 2 aromatic rings. The van der Waals surface area contributed by atoms with Gasteiger partial charge in [-0.2, -0.15) is 0 Å². The summed E-state index contributed by atoms with van der Waals surface area (Å²) in [5.74, 6) is 0.274. The molecular formula is C21H25NO2. The van der Waals surface area contributed by atoms with Gasteiger partial charge in [0.15, 0.2) is 0 Å². The van der Waals surface area contributed by atoms with Crippen LogP contribution in [0.1, 0.15) is 43.4 Å². The van der Waals surface area contributed by atoms with Crippen LogP contribution in [0.5, 0.6) is 0 Å². The highest BCUT2D eigenvalue weighted by atomic mass is 16.6. The molecule has 2 atom stereocenters. The van der Waals surface area contributed by atoms with Crippen molar-refractivity contribution < 1.29 is 9.53 Å². The van der Waals surface area contributed by atoms with E-state index in [0.717, 1.165) is 12.8 Å². The quantitative estimate of drug-likeness (QED) is 0.905. The van der Waals surface area contributed by atoms with Crippen LogP contribution in [0, 0.1) is 0 Å². The Morgan fingerprint density at radius 2 is 1.75 bits per heavy atom. The third-order valence-corrected chi connectivity index (χ3v) is 4.38. The zero-order valence-corrected chi connectivity index (χ0v) is 14.6. The maximum absolute atomic E-state index is 12.2. The van der Waals surface area contributed by atoms with Crippen molar-refractivity contribution in [3.63, 3.8) is 0 Å². The Kier molecular flexibility index (Phi) is 4.61. The smallest absolute Gasteiger partial charge is 0.407 e. The Morgan fingerprint density at radius 1 is 1.08 bits per heavy atom. The molecule has 0 bridgehead atoms. The van der Waals surface area contributed by atoms with Gasteiger partial charge in [-0.1, -0.05) is 54.6 Å². The van der Waals surface area contributed by atoms with Crippen LogP contribution in [0.3, 0.4) is 0 Å². The molecule has 2 aromatic carbocycles. The molecule has 3 nitrogen and oxygen atoms in total. The first-order chi connectivity index (χ1) is 11.4. The van der Waals surface area contributed by atoms with Crippen molar-refractivity contribution in [2.45, 2.75) is 51.2 Å². The lowest BCUT2D eigenvalue weighted by molar-refractivity contribution is 0.0499. The van der Waals surface area contributed by atoms with Crippen LogP contribution in [0.25, 0.3) is 0 Å². The fraction of sp³-hybridized carbons (Fsp3) is 0.381. The van der Waals surface area contributed by atoms with Gasteiger partial charge in [0.05, 0.1) is 0 Å². The second kappa shape index (κ2) is 6.68. The lowest BCUT2D eigenvalue weighted by atomic mass is 9.91. The number of carbonyl (C=O) groups excluding carboxylic acids is 1. The highest BCUT2D eigenvalue weighted by molar-refractivity contribution is 5.68. The summed E-state index contributed by atoms with van der Waals surface area (Å²) in [5.41, 5.74) is 3.46. The molecule has 0 unspecified atom stereocenters. The highest BCUT2D eigenvalue weighted by Gasteiger charge is 2.34. The van der Waals surface area contributed by atoms with Gasteiger partial charge in [-0.25, -0.2) is 4.79 Å². The molecule has 0 saturated heterocycles. The van der Waals surface area contributed by atoms with Crippen LogP contribution >= 0.6 is 0 Å². The van der Waals surface area contributed by atoms with Crippen LogP contribution in [0.2, 0.25) is 0 Å². The van der Waals surface area contributed by atoms with E-state index in [2.05, 4.69) is 53.8 Å². The maximum Gasteiger partial charge on any atom is 0.407 e. The van der Waals surface area contributed by atoms with Crippen molar-refractivity contribution in [2.24, 2.45) is 0 Å². The Hall–Kier alpha value is -2.29. The molecule has 0 fully saturated rings. The van der Waals surface area contributed by atoms with Gasteiger partial charge >= 0.3 is 6.09 Å². The number of fused-ring (bicyclic) bond motifs is 1. The van der Waals surface area contributed by atoms with Gasteiger partial charge < -0.3 is 10.1 Å². The number of benzene rings is 2. The van der Waals surface area contributed by atoms with Gasteiger partial charge in [-0.3, -0.25) is 0 Å². The van der Waals surface area contributed by atoms with E-state index < -0.39 is 5.60 Å². The number of hydrogen-bond acceptors (Lipinski definition) is 2. The average molecular weight is 323 g/mol. The van der Waals surface area contributed by atoms with Crippen molar-refractivity contribution >= 4 is 6.09 Å².